The average molecular weight is 298 g/mol. The standard InChI is InChI=1S/C16H24ClNO2/c1-5-16(20,6-2)11-18-14(19)15(3,4)12-8-7-9-13(17)10-12/h7-10,20H,5-6,11H2,1-4H3,(H,18,19). The molecular weight excluding hydrogens is 274 g/mol. The van der Waals surface area contributed by atoms with Crippen LogP contribution in [0.4, 0.5) is 0 Å². The normalized spacial score (nSPS) is 12.3. The Hall–Kier alpha value is -1.06. The maximum absolute atomic E-state index is 12.4. The molecule has 1 aromatic carbocycles. The number of benzene rings is 1. The van der Waals surface area contributed by atoms with E-state index in [1.807, 2.05) is 39.8 Å². The van der Waals surface area contributed by atoms with Crippen molar-refractivity contribution in [3.05, 3.63) is 34.9 Å². The van der Waals surface area contributed by atoms with Crippen LogP contribution in [0.1, 0.15) is 46.1 Å². The number of carbonyl (C=O) groups is 1. The van der Waals surface area contributed by atoms with E-state index in [1.54, 1.807) is 12.1 Å². The minimum absolute atomic E-state index is 0.111. The van der Waals surface area contributed by atoms with Gasteiger partial charge in [0.25, 0.3) is 0 Å². The summed E-state index contributed by atoms with van der Waals surface area (Å²) in [4.78, 5) is 12.4. The molecule has 0 aliphatic carbocycles. The minimum Gasteiger partial charge on any atom is -0.388 e. The van der Waals surface area contributed by atoms with Crippen molar-refractivity contribution in [1.82, 2.24) is 5.32 Å². The zero-order chi connectivity index (χ0) is 15.4. The van der Waals surface area contributed by atoms with Crippen molar-refractivity contribution in [3.8, 4) is 0 Å². The molecule has 1 amide bonds. The van der Waals surface area contributed by atoms with Crippen LogP contribution in [0.25, 0.3) is 0 Å². The average Bonchev–Trinajstić information content (AvgIpc) is 2.44. The van der Waals surface area contributed by atoms with E-state index in [0.717, 1.165) is 5.56 Å². The first-order valence-corrected chi connectivity index (χ1v) is 7.39. The molecule has 112 valence electrons. The van der Waals surface area contributed by atoms with E-state index in [-0.39, 0.29) is 12.5 Å². The second kappa shape index (κ2) is 6.59. The number of carbonyl (C=O) groups excluding carboxylic acids is 1. The summed E-state index contributed by atoms with van der Waals surface area (Å²) in [5.41, 5.74) is -0.660. The smallest absolute Gasteiger partial charge is 0.230 e. The number of halogens is 1. The van der Waals surface area contributed by atoms with Crippen molar-refractivity contribution in [3.63, 3.8) is 0 Å². The molecule has 1 aromatic rings. The van der Waals surface area contributed by atoms with Gasteiger partial charge in [-0.3, -0.25) is 4.79 Å². The quantitative estimate of drug-likeness (QED) is 0.846. The summed E-state index contributed by atoms with van der Waals surface area (Å²) in [6, 6.07) is 7.30. The molecule has 3 nitrogen and oxygen atoms in total. The second-order valence-corrected chi connectivity index (χ2v) is 6.19. The topological polar surface area (TPSA) is 49.3 Å². The third-order valence-electron chi connectivity index (χ3n) is 4.01. The van der Waals surface area contributed by atoms with Crippen LogP contribution in [0, 0.1) is 0 Å². The van der Waals surface area contributed by atoms with Gasteiger partial charge in [-0.1, -0.05) is 37.6 Å². The highest BCUT2D eigenvalue weighted by atomic mass is 35.5. The lowest BCUT2D eigenvalue weighted by Crippen LogP contribution is -2.47. The van der Waals surface area contributed by atoms with Crippen LogP contribution >= 0.6 is 11.6 Å². The van der Waals surface area contributed by atoms with E-state index in [4.69, 9.17) is 11.6 Å². The van der Waals surface area contributed by atoms with Gasteiger partial charge in [-0.05, 0) is 44.4 Å². The van der Waals surface area contributed by atoms with Crippen molar-refractivity contribution in [2.24, 2.45) is 0 Å². The Morgan fingerprint density at radius 2 is 1.90 bits per heavy atom. The summed E-state index contributed by atoms with van der Waals surface area (Å²) in [5.74, 6) is -0.111. The molecule has 0 saturated carbocycles. The van der Waals surface area contributed by atoms with Gasteiger partial charge in [0.2, 0.25) is 5.91 Å². The van der Waals surface area contributed by atoms with Crippen LogP contribution in [0.5, 0.6) is 0 Å². The first-order chi connectivity index (χ1) is 9.25. The fourth-order valence-corrected chi connectivity index (χ4v) is 2.16. The number of nitrogens with one attached hydrogen (secondary N) is 1. The summed E-state index contributed by atoms with van der Waals surface area (Å²) < 4.78 is 0. The maximum Gasteiger partial charge on any atom is 0.230 e. The summed E-state index contributed by atoms with van der Waals surface area (Å²) in [7, 11) is 0. The van der Waals surface area contributed by atoms with Gasteiger partial charge in [0.1, 0.15) is 0 Å². The lowest BCUT2D eigenvalue weighted by atomic mass is 9.83. The highest BCUT2D eigenvalue weighted by molar-refractivity contribution is 6.30. The van der Waals surface area contributed by atoms with Crippen LogP contribution < -0.4 is 5.32 Å². The number of amides is 1. The molecule has 0 heterocycles. The van der Waals surface area contributed by atoms with Gasteiger partial charge < -0.3 is 10.4 Å². The van der Waals surface area contributed by atoms with E-state index >= 15 is 0 Å². The second-order valence-electron chi connectivity index (χ2n) is 5.75. The Bertz CT molecular complexity index is 467. The highest BCUT2D eigenvalue weighted by Gasteiger charge is 2.32. The van der Waals surface area contributed by atoms with Gasteiger partial charge in [-0.15, -0.1) is 0 Å². The monoisotopic (exact) mass is 297 g/mol. The molecule has 0 saturated heterocycles. The number of hydrogen-bond donors (Lipinski definition) is 2. The van der Waals surface area contributed by atoms with Gasteiger partial charge in [-0.2, -0.15) is 0 Å². The lowest BCUT2D eigenvalue weighted by Gasteiger charge is -2.29. The first kappa shape index (κ1) is 17.0. The van der Waals surface area contributed by atoms with Crippen molar-refractivity contribution < 1.29 is 9.90 Å². The van der Waals surface area contributed by atoms with Crippen LogP contribution in [-0.4, -0.2) is 23.2 Å². The number of rotatable bonds is 6. The maximum atomic E-state index is 12.4. The zero-order valence-electron chi connectivity index (χ0n) is 12.7. The Morgan fingerprint density at radius 3 is 2.40 bits per heavy atom. The summed E-state index contributed by atoms with van der Waals surface area (Å²) in [6.45, 7) is 7.80. The molecule has 20 heavy (non-hydrogen) atoms. The van der Waals surface area contributed by atoms with Crippen molar-refractivity contribution >= 4 is 17.5 Å². The zero-order valence-corrected chi connectivity index (χ0v) is 13.4. The fourth-order valence-electron chi connectivity index (χ4n) is 1.97. The fraction of sp³-hybridized carbons (Fsp3) is 0.562. The SMILES string of the molecule is CCC(O)(CC)CNC(=O)C(C)(C)c1cccc(Cl)c1. The lowest BCUT2D eigenvalue weighted by molar-refractivity contribution is -0.127. The van der Waals surface area contributed by atoms with Crippen LogP contribution in [0.15, 0.2) is 24.3 Å². The van der Waals surface area contributed by atoms with E-state index < -0.39 is 11.0 Å². The third kappa shape index (κ3) is 3.97. The van der Waals surface area contributed by atoms with Gasteiger partial charge in [0.15, 0.2) is 0 Å². The van der Waals surface area contributed by atoms with Gasteiger partial charge >= 0.3 is 0 Å². The van der Waals surface area contributed by atoms with E-state index in [9.17, 15) is 9.90 Å². The molecule has 2 N–H and O–H groups in total. The van der Waals surface area contributed by atoms with E-state index in [0.29, 0.717) is 17.9 Å². The Balaban J connectivity index is 2.80. The van der Waals surface area contributed by atoms with Gasteiger partial charge in [0.05, 0.1) is 11.0 Å². The largest absolute Gasteiger partial charge is 0.388 e. The number of aliphatic hydroxyl groups is 1. The summed E-state index contributed by atoms with van der Waals surface area (Å²) in [6.07, 6.45) is 1.22. The molecule has 0 aliphatic rings. The predicted octanol–water partition coefficient (Wildman–Crippen LogP) is 3.28. The Morgan fingerprint density at radius 1 is 1.30 bits per heavy atom. The van der Waals surface area contributed by atoms with Crippen LogP contribution in [-0.2, 0) is 10.2 Å². The molecule has 0 atom stereocenters. The van der Waals surface area contributed by atoms with Crippen molar-refractivity contribution in [1.29, 1.82) is 0 Å². The molecule has 1 rings (SSSR count). The van der Waals surface area contributed by atoms with E-state index in [2.05, 4.69) is 5.32 Å². The first-order valence-electron chi connectivity index (χ1n) is 7.02. The molecular formula is C16H24ClNO2. The summed E-state index contributed by atoms with van der Waals surface area (Å²) >= 11 is 5.98. The van der Waals surface area contributed by atoms with Crippen molar-refractivity contribution in [2.75, 3.05) is 6.54 Å². The molecule has 0 bridgehead atoms. The highest BCUT2D eigenvalue weighted by Crippen LogP contribution is 2.26. The van der Waals surface area contributed by atoms with Crippen molar-refractivity contribution in [2.45, 2.75) is 51.6 Å². The third-order valence-corrected chi connectivity index (χ3v) is 4.24. The van der Waals surface area contributed by atoms with Gasteiger partial charge in [-0.25, -0.2) is 0 Å². The van der Waals surface area contributed by atoms with Gasteiger partial charge in [0, 0.05) is 11.6 Å². The van der Waals surface area contributed by atoms with Crippen LogP contribution in [0.3, 0.4) is 0 Å². The Kier molecular flexibility index (Phi) is 5.60. The van der Waals surface area contributed by atoms with E-state index in [1.165, 1.54) is 0 Å². The Labute approximate surface area is 126 Å². The van der Waals surface area contributed by atoms with Crippen LogP contribution in [0.2, 0.25) is 5.02 Å². The minimum atomic E-state index is -0.833. The molecule has 0 spiro atoms. The molecule has 4 heteroatoms. The molecule has 0 aromatic heterocycles. The molecule has 0 aliphatic heterocycles. The molecule has 0 radical (unpaired) electrons. The molecule has 0 fully saturated rings. The summed E-state index contributed by atoms with van der Waals surface area (Å²) in [5, 5.41) is 13.7. The molecule has 0 unspecified atom stereocenters. The predicted molar refractivity (Wildman–Crippen MR) is 83.0 cm³/mol. The number of hydrogen-bond acceptors (Lipinski definition) is 2.